The minimum atomic E-state index is -1.31. The van der Waals surface area contributed by atoms with Crippen LogP contribution in [-0.4, -0.2) is 15.6 Å². The smallest absolute Gasteiger partial charge is 0.341 e. The molecule has 1 aromatic heterocycles. The fourth-order valence-electron chi connectivity index (χ4n) is 1.85. The van der Waals surface area contributed by atoms with Crippen molar-refractivity contribution in [1.29, 1.82) is 0 Å². The Balaban J connectivity index is 2.48. The van der Waals surface area contributed by atoms with E-state index in [9.17, 15) is 14.0 Å². The van der Waals surface area contributed by atoms with E-state index in [1.165, 1.54) is 35.0 Å². The molecule has 1 aromatic carbocycles. The number of benzene rings is 1. The molecular weight excluding hydrogens is 285 g/mol. The van der Waals surface area contributed by atoms with Crippen molar-refractivity contribution < 1.29 is 14.3 Å². The van der Waals surface area contributed by atoms with E-state index >= 15 is 0 Å². The van der Waals surface area contributed by atoms with Crippen LogP contribution in [0.3, 0.4) is 0 Å². The van der Waals surface area contributed by atoms with Crippen LogP contribution < -0.4 is 5.43 Å². The van der Waals surface area contributed by atoms with Crippen LogP contribution in [0.5, 0.6) is 0 Å². The van der Waals surface area contributed by atoms with Crippen LogP contribution in [0, 0.1) is 12.7 Å². The molecule has 0 amide bonds. The molecule has 6 heteroatoms. The molecule has 0 atom stereocenters. The molecule has 0 aliphatic rings. The van der Waals surface area contributed by atoms with E-state index in [0.717, 1.165) is 0 Å². The highest BCUT2D eigenvalue weighted by Crippen LogP contribution is 2.16. The van der Waals surface area contributed by atoms with E-state index in [-0.39, 0.29) is 12.1 Å². The van der Waals surface area contributed by atoms with Gasteiger partial charge in [-0.1, -0.05) is 11.6 Å². The molecule has 4 nitrogen and oxygen atoms in total. The first-order valence-corrected chi connectivity index (χ1v) is 6.14. The van der Waals surface area contributed by atoms with Crippen LogP contribution in [0.4, 0.5) is 4.39 Å². The molecular formula is C14H11ClFNO3. The standard InChI is InChI=1S/C14H11ClFNO3/c1-8-4-13(18)11(14(19)20)7-17(8)6-9-5-10(15)2-3-12(9)16/h2-5,7H,6H2,1H3,(H,19,20). The number of nitrogens with zero attached hydrogens (tertiary/aromatic N) is 1. The molecule has 0 spiro atoms. The zero-order valence-corrected chi connectivity index (χ0v) is 11.3. The van der Waals surface area contributed by atoms with Gasteiger partial charge in [-0.25, -0.2) is 9.18 Å². The minimum absolute atomic E-state index is 0.0960. The lowest BCUT2D eigenvalue weighted by Crippen LogP contribution is -2.19. The van der Waals surface area contributed by atoms with E-state index in [4.69, 9.17) is 16.7 Å². The van der Waals surface area contributed by atoms with Crippen molar-refractivity contribution in [1.82, 2.24) is 4.57 Å². The second-order valence-electron chi connectivity index (χ2n) is 4.36. The number of aromatic nitrogens is 1. The Kier molecular flexibility index (Phi) is 3.90. The number of aromatic carboxylic acids is 1. The molecule has 104 valence electrons. The molecule has 0 aliphatic heterocycles. The number of hydrogen-bond acceptors (Lipinski definition) is 2. The topological polar surface area (TPSA) is 59.3 Å². The highest BCUT2D eigenvalue weighted by Gasteiger charge is 2.12. The summed E-state index contributed by atoms with van der Waals surface area (Å²) in [6.07, 6.45) is 1.21. The quantitative estimate of drug-likeness (QED) is 0.947. The molecule has 0 radical (unpaired) electrons. The first kappa shape index (κ1) is 14.3. The van der Waals surface area contributed by atoms with E-state index < -0.39 is 17.2 Å². The van der Waals surface area contributed by atoms with Gasteiger partial charge >= 0.3 is 5.97 Å². The van der Waals surface area contributed by atoms with Gasteiger partial charge < -0.3 is 9.67 Å². The molecule has 0 unspecified atom stereocenters. The third kappa shape index (κ3) is 2.88. The summed E-state index contributed by atoms with van der Waals surface area (Å²) in [5, 5.41) is 9.32. The van der Waals surface area contributed by atoms with Gasteiger partial charge in [0.2, 0.25) is 0 Å². The predicted molar refractivity (Wildman–Crippen MR) is 72.9 cm³/mol. The Hall–Kier alpha value is -2.14. The van der Waals surface area contributed by atoms with E-state index in [1.54, 1.807) is 6.92 Å². The lowest BCUT2D eigenvalue weighted by atomic mass is 10.2. The summed E-state index contributed by atoms with van der Waals surface area (Å²) >= 11 is 5.81. The predicted octanol–water partition coefficient (Wildman–Crippen LogP) is 2.70. The van der Waals surface area contributed by atoms with Crippen LogP contribution in [0.2, 0.25) is 5.02 Å². The number of pyridine rings is 1. The minimum Gasteiger partial charge on any atom is -0.477 e. The Morgan fingerprint density at radius 3 is 2.75 bits per heavy atom. The maximum absolute atomic E-state index is 13.7. The third-order valence-corrected chi connectivity index (χ3v) is 3.16. The number of carbonyl (C=O) groups is 1. The highest BCUT2D eigenvalue weighted by molar-refractivity contribution is 6.30. The van der Waals surface area contributed by atoms with Gasteiger partial charge in [-0.2, -0.15) is 0 Å². The van der Waals surface area contributed by atoms with Crippen molar-refractivity contribution in [3.05, 3.63) is 68.3 Å². The van der Waals surface area contributed by atoms with Gasteiger partial charge in [0.25, 0.3) is 0 Å². The number of halogens is 2. The van der Waals surface area contributed by atoms with E-state index in [2.05, 4.69) is 0 Å². The molecule has 0 fully saturated rings. The normalized spacial score (nSPS) is 10.6. The van der Waals surface area contributed by atoms with Crippen LogP contribution in [0.25, 0.3) is 0 Å². The van der Waals surface area contributed by atoms with Crippen LogP contribution in [0.15, 0.2) is 35.3 Å². The van der Waals surface area contributed by atoms with Gasteiger partial charge in [-0.3, -0.25) is 4.79 Å². The van der Waals surface area contributed by atoms with Gasteiger partial charge in [-0.05, 0) is 25.1 Å². The molecule has 0 saturated heterocycles. The summed E-state index contributed by atoms with van der Waals surface area (Å²) in [6.45, 7) is 1.74. The van der Waals surface area contributed by atoms with Crippen molar-refractivity contribution >= 4 is 17.6 Å². The fourth-order valence-corrected chi connectivity index (χ4v) is 2.05. The monoisotopic (exact) mass is 295 g/mol. The van der Waals surface area contributed by atoms with Crippen molar-refractivity contribution in [2.75, 3.05) is 0 Å². The molecule has 20 heavy (non-hydrogen) atoms. The number of carboxylic acids is 1. The molecule has 0 bridgehead atoms. The molecule has 2 rings (SSSR count). The van der Waals surface area contributed by atoms with Crippen molar-refractivity contribution in [2.24, 2.45) is 0 Å². The molecule has 1 N–H and O–H groups in total. The number of carboxylic acid groups (broad SMARTS) is 1. The third-order valence-electron chi connectivity index (χ3n) is 2.92. The second-order valence-corrected chi connectivity index (χ2v) is 4.80. The van der Waals surface area contributed by atoms with Crippen LogP contribution >= 0.6 is 11.6 Å². The Labute approximate surface area is 119 Å². The van der Waals surface area contributed by atoms with E-state index in [0.29, 0.717) is 16.3 Å². The average molecular weight is 296 g/mol. The summed E-state index contributed by atoms with van der Waals surface area (Å²) in [5.74, 6) is -1.75. The van der Waals surface area contributed by atoms with Gasteiger partial charge in [0.1, 0.15) is 11.4 Å². The zero-order chi connectivity index (χ0) is 14.9. The number of hydrogen-bond donors (Lipinski definition) is 1. The lowest BCUT2D eigenvalue weighted by molar-refractivity contribution is 0.0694. The zero-order valence-electron chi connectivity index (χ0n) is 10.6. The Morgan fingerprint density at radius 2 is 2.10 bits per heavy atom. The number of aryl methyl sites for hydroxylation is 1. The maximum atomic E-state index is 13.7. The second kappa shape index (κ2) is 5.46. The molecule has 0 aliphatic carbocycles. The maximum Gasteiger partial charge on any atom is 0.341 e. The highest BCUT2D eigenvalue weighted by atomic mass is 35.5. The SMILES string of the molecule is Cc1cc(=O)c(C(=O)O)cn1Cc1cc(Cl)ccc1F. The van der Waals surface area contributed by atoms with Gasteiger partial charge in [0, 0.05) is 28.5 Å². The van der Waals surface area contributed by atoms with Gasteiger partial charge in [-0.15, -0.1) is 0 Å². The molecule has 2 aromatic rings. The Bertz CT molecular complexity index is 740. The summed E-state index contributed by atoms with van der Waals surface area (Å²) in [4.78, 5) is 22.5. The summed E-state index contributed by atoms with van der Waals surface area (Å²) < 4.78 is 15.2. The number of rotatable bonds is 3. The van der Waals surface area contributed by atoms with Crippen LogP contribution in [-0.2, 0) is 6.54 Å². The van der Waals surface area contributed by atoms with Crippen LogP contribution in [0.1, 0.15) is 21.6 Å². The summed E-state index contributed by atoms with van der Waals surface area (Å²) in [7, 11) is 0. The van der Waals surface area contributed by atoms with Gasteiger partial charge in [0.05, 0.1) is 6.54 Å². The largest absolute Gasteiger partial charge is 0.477 e. The first-order valence-electron chi connectivity index (χ1n) is 5.77. The Morgan fingerprint density at radius 1 is 1.40 bits per heavy atom. The molecule has 0 saturated carbocycles. The summed E-state index contributed by atoms with van der Waals surface area (Å²) in [6, 6.07) is 5.36. The van der Waals surface area contributed by atoms with E-state index in [1.807, 2.05) is 0 Å². The fraction of sp³-hybridized carbons (Fsp3) is 0.143. The van der Waals surface area contributed by atoms with Crippen molar-refractivity contribution in [3.8, 4) is 0 Å². The lowest BCUT2D eigenvalue weighted by Gasteiger charge is -2.12. The van der Waals surface area contributed by atoms with Crippen molar-refractivity contribution in [3.63, 3.8) is 0 Å². The van der Waals surface area contributed by atoms with Gasteiger partial charge in [0.15, 0.2) is 5.43 Å². The summed E-state index contributed by atoms with van der Waals surface area (Å²) in [5.41, 5.74) is -0.0594. The molecule has 1 heterocycles. The first-order chi connectivity index (χ1) is 9.38. The average Bonchev–Trinajstić information content (AvgIpc) is 2.36. The van der Waals surface area contributed by atoms with Crippen molar-refractivity contribution in [2.45, 2.75) is 13.5 Å².